The van der Waals surface area contributed by atoms with Crippen molar-refractivity contribution in [3.63, 3.8) is 0 Å². The van der Waals surface area contributed by atoms with Crippen LogP contribution in [0.15, 0.2) is 48.5 Å². The molecule has 150 valence electrons. The molecule has 1 fully saturated rings. The Bertz CT molecular complexity index is 1050. The number of methoxy groups -OCH3 is 1. The smallest absolute Gasteiger partial charge is 0.239 e. The van der Waals surface area contributed by atoms with E-state index >= 15 is 0 Å². The SMILES string of the molecule is COc1ccc(-c2nc3cc(C)ccc3cc2CN2CCN(C)C(=O)[C@@H]2C)cc1. The lowest BCUT2D eigenvalue weighted by Gasteiger charge is -2.37. The molecular formula is C24H27N3O2. The number of carbonyl (C=O) groups is 1. The maximum absolute atomic E-state index is 12.5. The number of aromatic nitrogens is 1. The van der Waals surface area contributed by atoms with Crippen molar-refractivity contribution in [2.75, 3.05) is 27.2 Å². The molecule has 0 bridgehead atoms. The molecule has 0 radical (unpaired) electrons. The number of aryl methyl sites for hydroxylation is 1. The largest absolute Gasteiger partial charge is 0.497 e. The first-order chi connectivity index (χ1) is 14.0. The highest BCUT2D eigenvalue weighted by atomic mass is 16.5. The van der Waals surface area contributed by atoms with Crippen LogP contribution in [-0.4, -0.2) is 54.0 Å². The molecule has 29 heavy (non-hydrogen) atoms. The summed E-state index contributed by atoms with van der Waals surface area (Å²) in [5, 5.41) is 1.12. The fourth-order valence-electron chi connectivity index (χ4n) is 3.93. The summed E-state index contributed by atoms with van der Waals surface area (Å²) in [4.78, 5) is 21.5. The van der Waals surface area contributed by atoms with Crippen molar-refractivity contribution in [3.8, 4) is 17.0 Å². The molecule has 5 nitrogen and oxygen atoms in total. The lowest BCUT2D eigenvalue weighted by molar-refractivity contribution is -0.139. The number of rotatable bonds is 4. The second-order valence-electron chi connectivity index (χ2n) is 7.83. The van der Waals surface area contributed by atoms with E-state index < -0.39 is 0 Å². The van der Waals surface area contributed by atoms with Crippen molar-refractivity contribution < 1.29 is 9.53 Å². The number of piperazine rings is 1. The van der Waals surface area contributed by atoms with Crippen LogP contribution in [0.25, 0.3) is 22.2 Å². The van der Waals surface area contributed by atoms with Gasteiger partial charge in [0.25, 0.3) is 0 Å². The molecule has 1 saturated heterocycles. The zero-order chi connectivity index (χ0) is 20.5. The van der Waals surface area contributed by atoms with Crippen LogP contribution in [0.4, 0.5) is 0 Å². The van der Waals surface area contributed by atoms with Crippen LogP contribution in [0.3, 0.4) is 0 Å². The molecule has 0 saturated carbocycles. The molecule has 0 spiro atoms. The lowest BCUT2D eigenvalue weighted by atomic mass is 10.0. The van der Waals surface area contributed by atoms with E-state index in [1.807, 2.05) is 43.1 Å². The van der Waals surface area contributed by atoms with Crippen molar-refractivity contribution in [1.29, 1.82) is 0 Å². The summed E-state index contributed by atoms with van der Waals surface area (Å²) in [6.45, 7) is 6.38. The number of amides is 1. The summed E-state index contributed by atoms with van der Waals surface area (Å²) < 4.78 is 5.31. The number of nitrogens with zero attached hydrogens (tertiary/aromatic N) is 3. The topological polar surface area (TPSA) is 45.7 Å². The third-order valence-electron chi connectivity index (χ3n) is 5.79. The number of hydrogen-bond acceptors (Lipinski definition) is 4. The second-order valence-corrected chi connectivity index (χ2v) is 7.83. The van der Waals surface area contributed by atoms with Gasteiger partial charge in [0.2, 0.25) is 5.91 Å². The third kappa shape index (κ3) is 3.83. The van der Waals surface area contributed by atoms with Gasteiger partial charge in [-0.3, -0.25) is 9.69 Å². The molecule has 0 N–H and O–H groups in total. The fraction of sp³-hybridized carbons (Fsp3) is 0.333. The molecule has 3 aromatic rings. The Hall–Kier alpha value is -2.92. The molecule has 2 heterocycles. The monoisotopic (exact) mass is 389 g/mol. The fourth-order valence-corrected chi connectivity index (χ4v) is 3.93. The van der Waals surface area contributed by atoms with Crippen LogP contribution in [0, 0.1) is 6.92 Å². The number of benzene rings is 2. The van der Waals surface area contributed by atoms with Gasteiger partial charge in [-0.05, 0) is 61.4 Å². The van der Waals surface area contributed by atoms with Gasteiger partial charge in [0, 0.05) is 37.6 Å². The van der Waals surface area contributed by atoms with E-state index in [2.05, 4.69) is 36.1 Å². The van der Waals surface area contributed by atoms with Crippen molar-refractivity contribution in [2.45, 2.75) is 26.4 Å². The zero-order valence-corrected chi connectivity index (χ0v) is 17.5. The molecule has 1 aliphatic rings. The van der Waals surface area contributed by atoms with Gasteiger partial charge in [-0.1, -0.05) is 12.1 Å². The van der Waals surface area contributed by atoms with Crippen molar-refractivity contribution >= 4 is 16.8 Å². The lowest BCUT2D eigenvalue weighted by Crippen LogP contribution is -2.53. The van der Waals surface area contributed by atoms with Gasteiger partial charge in [0.05, 0.1) is 24.4 Å². The van der Waals surface area contributed by atoms with E-state index in [9.17, 15) is 4.79 Å². The minimum absolute atomic E-state index is 0.133. The van der Waals surface area contributed by atoms with Crippen molar-refractivity contribution in [3.05, 3.63) is 59.7 Å². The van der Waals surface area contributed by atoms with Gasteiger partial charge in [-0.25, -0.2) is 4.98 Å². The molecular weight excluding hydrogens is 362 g/mol. The first-order valence-electron chi connectivity index (χ1n) is 10.00. The number of carbonyl (C=O) groups excluding carboxylic acids is 1. The van der Waals surface area contributed by atoms with E-state index in [-0.39, 0.29) is 11.9 Å². The quantitative estimate of drug-likeness (QED) is 0.679. The molecule has 5 heteroatoms. The summed E-state index contributed by atoms with van der Waals surface area (Å²) in [6.07, 6.45) is 0. The highest BCUT2D eigenvalue weighted by Gasteiger charge is 2.29. The van der Waals surface area contributed by atoms with E-state index in [0.717, 1.165) is 46.6 Å². The van der Waals surface area contributed by atoms with Crippen LogP contribution in [0.1, 0.15) is 18.1 Å². The molecule has 1 aromatic heterocycles. The standard InChI is InChI=1S/C24H27N3O2/c1-16-5-6-19-14-20(15-27-12-11-26(3)24(28)17(27)2)23(25-22(19)13-16)18-7-9-21(29-4)10-8-18/h5-10,13-14,17H,11-12,15H2,1-4H3/t17-/m0/s1. The van der Waals surface area contributed by atoms with Gasteiger partial charge in [-0.15, -0.1) is 0 Å². The minimum atomic E-state index is -0.133. The van der Waals surface area contributed by atoms with Gasteiger partial charge >= 0.3 is 0 Å². The minimum Gasteiger partial charge on any atom is -0.497 e. The van der Waals surface area contributed by atoms with Crippen LogP contribution < -0.4 is 4.74 Å². The van der Waals surface area contributed by atoms with Gasteiger partial charge in [0.1, 0.15) is 5.75 Å². The molecule has 0 unspecified atom stereocenters. The highest BCUT2D eigenvalue weighted by molar-refractivity contribution is 5.84. The highest BCUT2D eigenvalue weighted by Crippen LogP contribution is 2.29. The first-order valence-corrected chi connectivity index (χ1v) is 10.00. The van der Waals surface area contributed by atoms with E-state index in [1.54, 1.807) is 7.11 Å². The van der Waals surface area contributed by atoms with Gasteiger partial charge < -0.3 is 9.64 Å². The summed E-state index contributed by atoms with van der Waals surface area (Å²) in [6, 6.07) is 16.5. The van der Waals surface area contributed by atoms with Crippen LogP contribution in [0.5, 0.6) is 5.75 Å². The maximum Gasteiger partial charge on any atom is 0.239 e. The average molecular weight is 389 g/mol. The second kappa shape index (κ2) is 7.84. The first kappa shape index (κ1) is 19.4. The Morgan fingerprint density at radius 2 is 1.86 bits per heavy atom. The average Bonchev–Trinajstić information content (AvgIpc) is 2.74. The van der Waals surface area contributed by atoms with E-state index in [0.29, 0.717) is 6.54 Å². The molecule has 1 atom stereocenters. The Labute approximate surface area is 171 Å². The third-order valence-corrected chi connectivity index (χ3v) is 5.79. The Morgan fingerprint density at radius 1 is 1.10 bits per heavy atom. The van der Waals surface area contributed by atoms with Crippen LogP contribution in [-0.2, 0) is 11.3 Å². The predicted molar refractivity (Wildman–Crippen MR) is 116 cm³/mol. The maximum atomic E-state index is 12.5. The Morgan fingerprint density at radius 3 is 2.59 bits per heavy atom. The molecule has 1 amide bonds. The van der Waals surface area contributed by atoms with Crippen molar-refractivity contribution in [1.82, 2.24) is 14.8 Å². The summed E-state index contributed by atoms with van der Waals surface area (Å²) >= 11 is 0. The van der Waals surface area contributed by atoms with Gasteiger partial charge in [-0.2, -0.15) is 0 Å². The number of ether oxygens (including phenoxy) is 1. The van der Waals surface area contributed by atoms with Crippen molar-refractivity contribution in [2.24, 2.45) is 0 Å². The number of hydrogen-bond donors (Lipinski definition) is 0. The Balaban J connectivity index is 1.78. The molecule has 0 aliphatic carbocycles. The number of fused-ring (bicyclic) bond motifs is 1. The predicted octanol–water partition coefficient (Wildman–Crippen LogP) is 3.88. The number of likely N-dealkylation sites (N-methyl/N-ethyl adjacent to an activating group) is 1. The zero-order valence-electron chi connectivity index (χ0n) is 17.5. The number of pyridine rings is 1. The molecule has 1 aliphatic heterocycles. The normalized spacial score (nSPS) is 17.7. The van der Waals surface area contributed by atoms with Crippen LogP contribution >= 0.6 is 0 Å². The summed E-state index contributed by atoms with van der Waals surface area (Å²) in [5.41, 5.74) is 5.33. The van der Waals surface area contributed by atoms with E-state index in [4.69, 9.17) is 9.72 Å². The van der Waals surface area contributed by atoms with E-state index in [1.165, 1.54) is 5.56 Å². The summed E-state index contributed by atoms with van der Waals surface area (Å²) in [5.74, 6) is 0.997. The Kier molecular flexibility index (Phi) is 5.24. The van der Waals surface area contributed by atoms with Crippen LogP contribution in [0.2, 0.25) is 0 Å². The van der Waals surface area contributed by atoms with Gasteiger partial charge in [0.15, 0.2) is 0 Å². The molecule has 2 aromatic carbocycles. The molecule has 4 rings (SSSR count). The summed E-state index contributed by atoms with van der Waals surface area (Å²) in [7, 11) is 3.54.